The smallest absolute Gasteiger partial charge is 0.114 e. The zero-order valence-electron chi connectivity index (χ0n) is 9.66. The zero-order chi connectivity index (χ0) is 11.1. The number of rotatable bonds is 7. The van der Waals surface area contributed by atoms with Crippen LogP contribution in [0.3, 0.4) is 0 Å². The Hall–Kier alpha value is -0.410. The van der Waals surface area contributed by atoms with Crippen LogP contribution in [-0.2, 0) is 12.2 Å². The van der Waals surface area contributed by atoms with Crippen LogP contribution in [0.15, 0.2) is 16.5 Å². The largest absolute Gasteiger partial charge is 0.465 e. The molecule has 0 radical (unpaired) electrons. The number of hydrogen-bond donors (Lipinski definition) is 1. The predicted octanol–water partition coefficient (Wildman–Crippen LogP) is 3.20. The van der Waals surface area contributed by atoms with Crippen molar-refractivity contribution in [1.29, 1.82) is 0 Å². The van der Waals surface area contributed by atoms with Gasteiger partial charge in [-0.25, -0.2) is 0 Å². The average molecular weight is 227 g/mol. The zero-order valence-corrected chi connectivity index (χ0v) is 10.5. The molecular weight excluding hydrogens is 206 g/mol. The van der Waals surface area contributed by atoms with Crippen molar-refractivity contribution in [3.05, 3.63) is 23.7 Å². The highest BCUT2D eigenvalue weighted by atomic mass is 32.2. The van der Waals surface area contributed by atoms with Crippen molar-refractivity contribution in [2.45, 2.75) is 44.1 Å². The van der Waals surface area contributed by atoms with E-state index < -0.39 is 0 Å². The highest BCUT2D eigenvalue weighted by molar-refractivity contribution is 7.99. The van der Waals surface area contributed by atoms with Gasteiger partial charge in [0.25, 0.3) is 0 Å². The molecule has 86 valence electrons. The summed E-state index contributed by atoms with van der Waals surface area (Å²) in [7, 11) is 0. The van der Waals surface area contributed by atoms with Crippen LogP contribution in [0.2, 0.25) is 0 Å². The van der Waals surface area contributed by atoms with E-state index in [1.54, 1.807) is 0 Å². The van der Waals surface area contributed by atoms with Crippen molar-refractivity contribution < 1.29 is 4.42 Å². The second-order valence-electron chi connectivity index (χ2n) is 3.77. The fourth-order valence-corrected chi connectivity index (χ4v) is 2.34. The van der Waals surface area contributed by atoms with Crippen molar-refractivity contribution in [3.8, 4) is 0 Å². The molecule has 2 nitrogen and oxygen atoms in total. The molecule has 0 aliphatic rings. The van der Waals surface area contributed by atoms with Gasteiger partial charge < -0.3 is 10.2 Å². The van der Waals surface area contributed by atoms with Crippen molar-refractivity contribution in [1.82, 2.24) is 0 Å². The van der Waals surface area contributed by atoms with E-state index in [0.29, 0.717) is 5.25 Å². The molecule has 0 saturated heterocycles. The summed E-state index contributed by atoms with van der Waals surface area (Å²) in [5.74, 6) is 3.16. The maximum absolute atomic E-state index is 5.64. The van der Waals surface area contributed by atoms with Gasteiger partial charge in [0.15, 0.2) is 0 Å². The van der Waals surface area contributed by atoms with Gasteiger partial charge in [0, 0.05) is 11.7 Å². The minimum Gasteiger partial charge on any atom is -0.465 e. The van der Waals surface area contributed by atoms with Crippen LogP contribution < -0.4 is 5.73 Å². The summed E-state index contributed by atoms with van der Waals surface area (Å²) in [4.78, 5) is 0. The Morgan fingerprint density at radius 3 is 2.73 bits per heavy atom. The Balaban J connectivity index is 2.24. The summed E-state index contributed by atoms with van der Waals surface area (Å²) in [6, 6.07) is 4.15. The lowest BCUT2D eigenvalue weighted by Gasteiger charge is -2.08. The van der Waals surface area contributed by atoms with E-state index in [9.17, 15) is 0 Å². The lowest BCUT2D eigenvalue weighted by atomic mass is 10.2. The molecule has 1 aromatic rings. The molecule has 1 aromatic heterocycles. The SMILES string of the molecule is CCc1ccc(CSC(C)CCCN)o1. The molecule has 0 saturated carbocycles. The molecule has 0 amide bonds. The van der Waals surface area contributed by atoms with E-state index in [0.717, 1.165) is 36.7 Å². The quantitative estimate of drug-likeness (QED) is 0.777. The van der Waals surface area contributed by atoms with Crippen molar-refractivity contribution in [3.63, 3.8) is 0 Å². The highest BCUT2D eigenvalue weighted by Crippen LogP contribution is 2.22. The van der Waals surface area contributed by atoms with E-state index >= 15 is 0 Å². The number of nitrogens with two attached hydrogens (primary N) is 1. The van der Waals surface area contributed by atoms with Crippen LogP contribution in [0, 0.1) is 0 Å². The van der Waals surface area contributed by atoms with Gasteiger partial charge in [-0.15, -0.1) is 0 Å². The molecule has 2 N–H and O–H groups in total. The molecule has 1 atom stereocenters. The summed E-state index contributed by atoms with van der Waals surface area (Å²) in [5.41, 5.74) is 5.48. The topological polar surface area (TPSA) is 39.2 Å². The third-order valence-corrected chi connectivity index (χ3v) is 3.65. The van der Waals surface area contributed by atoms with Crippen LogP contribution >= 0.6 is 11.8 Å². The van der Waals surface area contributed by atoms with Gasteiger partial charge in [0.1, 0.15) is 11.5 Å². The molecule has 0 aromatic carbocycles. The van der Waals surface area contributed by atoms with Crippen LogP contribution in [-0.4, -0.2) is 11.8 Å². The van der Waals surface area contributed by atoms with Crippen LogP contribution in [0.5, 0.6) is 0 Å². The first-order valence-electron chi connectivity index (χ1n) is 5.65. The van der Waals surface area contributed by atoms with Crippen molar-refractivity contribution in [2.75, 3.05) is 6.54 Å². The van der Waals surface area contributed by atoms with E-state index in [1.807, 2.05) is 11.8 Å². The minimum atomic E-state index is 0.670. The Bertz CT molecular complexity index is 272. The lowest BCUT2D eigenvalue weighted by molar-refractivity contribution is 0.485. The molecular formula is C12H21NOS. The minimum absolute atomic E-state index is 0.670. The van der Waals surface area contributed by atoms with Gasteiger partial charge in [-0.05, 0) is 31.5 Å². The fraction of sp³-hybridized carbons (Fsp3) is 0.667. The summed E-state index contributed by atoms with van der Waals surface area (Å²) in [6.45, 7) is 5.16. The first kappa shape index (κ1) is 12.7. The van der Waals surface area contributed by atoms with E-state index in [2.05, 4.69) is 26.0 Å². The summed E-state index contributed by atoms with van der Waals surface area (Å²) in [6.07, 6.45) is 3.29. The normalized spacial score (nSPS) is 13.0. The van der Waals surface area contributed by atoms with E-state index in [4.69, 9.17) is 10.2 Å². The summed E-state index contributed by atoms with van der Waals surface area (Å²) >= 11 is 1.94. The van der Waals surface area contributed by atoms with Crippen LogP contribution in [0.4, 0.5) is 0 Å². The molecule has 1 rings (SSSR count). The van der Waals surface area contributed by atoms with E-state index in [-0.39, 0.29) is 0 Å². The second-order valence-corrected chi connectivity index (χ2v) is 5.20. The first-order chi connectivity index (χ1) is 7.26. The van der Waals surface area contributed by atoms with Crippen molar-refractivity contribution in [2.24, 2.45) is 5.73 Å². The summed E-state index contributed by atoms with van der Waals surface area (Å²) in [5, 5.41) is 0.670. The molecule has 15 heavy (non-hydrogen) atoms. The van der Waals surface area contributed by atoms with Crippen LogP contribution in [0.25, 0.3) is 0 Å². The van der Waals surface area contributed by atoms with Gasteiger partial charge in [0.2, 0.25) is 0 Å². The Kier molecular flexibility index (Phi) is 5.88. The number of furan rings is 1. The number of thioether (sulfide) groups is 1. The number of aryl methyl sites for hydroxylation is 1. The molecule has 1 unspecified atom stereocenters. The maximum atomic E-state index is 5.64. The third-order valence-electron chi connectivity index (χ3n) is 2.39. The molecule has 1 heterocycles. The third kappa shape index (κ3) is 4.76. The predicted molar refractivity (Wildman–Crippen MR) is 67.1 cm³/mol. The monoisotopic (exact) mass is 227 g/mol. The van der Waals surface area contributed by atoms with Gasteiger partial charge in [-0.3, -0.25) is 0 Å². The molecule has 0 aliphatic carbocycles. The number of hydrogen-bond acceptors (Lipinski definition) is 3. The van der Waals surface area contributed by atoms with Crippen molar-refractivity contribution >= 4 is 11.8 Å². The molecule has 0 spiro atoms. The highest BCUT2D eigenvalue weighted by Gasteiger charge is 2.05. The molecule has 0 aliphatic heterocycles. The van der Waals surface area contributed by atoms with Gasteiger partial charge in [0.05, 0.1) is 5.75 Å². The Labute approximate surface area is 96.6 Å². The maximum Gasteiger partial charge on any atom is 0.114 e. The Morgan fingerprint density at radius 1 is 1.40 bits per heavy atom. The Morgan fingerprint density at radius 2 is 2.13 bits per heavy atom. The van der Waals surface area contributed by atoms with Gasteiger partial charge in [-0.2, -0.15) is 11.8 Å². The van der Waals surface area contributed by atoms with E-state index in [1.165, 1.54) is 6.42 Å². The fourth-order valence-electron chi connectivity index (χ4n) is 1.40. The lowest BCUT2D eigenvalue weighted by Crippen LogP contribution is -2.03. The van der Waals surface area contributed by atoms with Crippen LogP contribution in [0.1, 0.15) is 38.2 Å². The first-order valence-corrected chi connectivity index (χ1v) is 6.70. The molecule has 0 fully saturated rings. The van der Waals surface area contributed by atoms with Gasteiger partial charge in [-0.1, -0.05) is 13.8 Å². The molecule has 3 heteroatoms. The standard InChI is InChI=1S/C12H21NOS/c1-3-11-6-7-12(14-11)9-15-10(2)5-4-8-13/h6-7,10H,3-5,8-9,13H2,1-2H3. The van der Waals surface area contributed by atoms with Gasteiger partial charge >= 0.3 is 0 Å². The summed E-state index contributed by atoms with van der Waals surface area (Å²) < 4.78 is 5.64. The second kappa shape index (κ2) is 6.96. The molecule has 0 bridgehead atoms. The average Bonchev–Trinajstić information content (AvgIpc) is 2.71.